The number of rotatable bonds is 8. The number of amides is 1. The van der Waals surface area contributed by atoms with Crippen LogP contribution in [0.2, 0.25) is 0 Å². The highest BCUT2D eigenvalue weighted by Crippen LogP contribution is 2.20. The zero-order valence-electron chi connectivity index (χ0n) is 16.9. The molecule has 6 nitrogen and oxygen atoms in total. The van der Waals surface area contributed by atoms with Crippen molar-refractivity contribution in [1.29, 1.82) is 0 Å². The van der Waals surface area contributed by atoms with Gasteiger partial charge in [-0.15, -0.1) is 0 Å². The first-order valence-electron chi connectivity index (χ1n) is 9.85. The van der Waals surface area contributed by atoms with Crippen LogP contribution in [-0.4, -0.2) is 65.0 Å². The van der Waals surface area contributed by atoms with E-state index in [0.29, 0.717) is 18.2 Å². The minimum Gasteiger partial charge on any atom is -0.374 e. The molecule has 0 radical (unpaired) electrons. The van der Waals surface area contributed by atoms with E-state index in [-0.39, 0.29) is 12.0 Å². The first-order valence-corrected chi connectivity index (χ1v) is 10.8. The van der Waals surface area contributed by atoms with Crippen molar-refractivity contribution in [2.75, 3.05) is 38.5 Å². The Morgan fingerprint density at radius 2 is 2.29 bits per heavy atom. The fraction of sp³-hybridized carbons (Fsp3) is 0.524. The van der Waals surface area contributed by atoms with Gasteiger partial charge in [-0.3, -0.25) is 14.3 Å². The molecule has 1 fully saturated rings. The fourth-order valence-corrected chi connectivity index (χ4v) is 4.17. The lowest BCUT2D eigenvalue weighted by Crippen LogP contribution is -2.48. The van der Waals surface area contributed by atoms with Gasteiger partial charge in [0.2, 0.25) is 5.91 Å². The molecule has 28 heavy (non-hydrogen) atoms. The molecule has 2 aromatic rings. The Morgan fingerprint density at radius 3 is 3.07 bits per heavy atom. The minimum atomic E-state index is 0.00775. The molecule has 1 amide bonds. The monoisotopic (exact) mass is 402 g/mol. The molecule has 1 atom stereocenters. The number of imidazole rings is 1. The average molecular weight is 403 g/mol. The van der Waals surface area contributed by atoms with Crippen molar-refractivity contribution in [3.8, 4) is 5.69 Å². The van der Waals surface area contributed by atoms with E-state index < -0.39 is 0 Å². The second-order valence-electron chi connectivity index (χ2n) is 7.66. The van der Waals surface area contributed by atoms with Gasteiger partial charge in [-0.05, 0) is 30.5 Å². The molecule has 1 aliphatic rings. The SMILES string of the molecule is Cc1cccc(-n2ccnc2SCC(=O)NCC2CN(CC(C)C)CCO2)c1. The lowest BCUT2D eigenvalue weighted by Gasteiger charge is -2.33. The van der Waals surface area contributed by atoms with Crippen molar-refractivity contribution in [3.05, 3.63) is 42.2 Å². The highest BCUT2D eigenvalue weighted by molar-refractivity contribution is 7.99. The van der Waals surface area contributed by atoms with Crippen molar-refractivity contribution in [3.63, 3.8) is 0 Å². The summed E-state index contributed by atoms with van der Waals surface area (Å²) in [6.07, 6.45) is 3.76. The molecule has 7 heteroatoms. The Kier molecular flexibility index (Phi) is 7.53. The van der Waals surface area contributed by atoms with Gasteiger partial charge in [0, 0.05) is 44.3 Å². The third kappa shape index (κ3) is 6.09. The molecule has 0 saturated carbocycles. The van der Waals surface area contributed by atoms with E-state index in [4.69, 9.17) is 4.74 Å². The quantitative estimate of drug-likeness (QED) is 0.688. The third-order valence-electron chi connectivity index (χ3n) is 4.59. The van der Waals surface area contributed by atoms with Gasteiger partial charge in [0.05, 0.1) is 18.5 Å². The van der Waals surface area contributed by atoms with E-state index in [1.54, 1.807) is 6.20 Å². The van der Waals surface area contributed by atoms with E-state index in [0.717, 1.165) is 37.1 Å². The summed E-state index contributed by atoms with van der Waals surface area (Å²) in [6.45, 7) is 10.7. The van der Waals surface area contributed by atoms with E-state index in [9.17, 15) is 4.79 Å². The largest absolute Gasteiger partial charge is 0.374 e. The summed E-state index contributed by atoms with van der Waals surface area (Å²) in [7, 11) is 0. The van der Waals surface area contributed by atoms with Crippen molar-refractivity contribution in [2.24, 2.45) is 5.92 Å². The summed E-state index contributed by atoms with van der Waals surface area (Å²) in [6, 6.07) is 8.24. The third-order valence-corrected chi connectivity index (χ3v) is 5.56. The Balaban J connectivity index is 1.46. The van der Waals surface area contributed by atoms with Gasteiger partial charge in [-0.1, -0.05) is 37.7 Å². The molecule has 0 bridgehead atoms. The van der Waals surface area contributed by atoms with E-state index in [1.807, 2.05) is 22.9 Å². The van der Waals surface area contributed by atoms with Gasteiger partial charge in [0.25, 0.3) is 0 Å². The van der Waals surface area contributed by atoms with Crippen molar-refractivity contribution < 1.29 is 9.53 Å². The van der Waals surface area contributed by atoms with Crippen LogP contribution in [0, 0.1) is 12.8 Å². The fourth-order valence-electron chi connectivity index (χ4n) is 3.37. The number of carbonyl (C=O) groups excluding carboxylic acids is 1. The summed E-state index contributed by atoms with van der Waals surface area (Å²) in [5.41, 5.74) is 2.25. The van der Waals surface area contributed by atoms with Crippen LogP contribution in [0.3, 0.4) is 0 Å². The lowest BCUT2D eigenvalue weighted by molar-refractivity contribution is -0.119. The maximum atomic E-state index is 12.3. The van der Waals surface area contributed by atoms with E-state index in [2.05, 4.69) is 48.1 Å². The number of thioether (sulfide) groups is 1. The van der Waals surface area contributed by atoms with Gasteiger partial charge in [0.1, 0.15) is 0 Å². The molecule has 152 valence electrons. The van der Waals surface area contributed by atoms with Crippen molar-refractivity contribution >= 4 is 17.7 Å². The predicted octanol–water partition coefficient (Wildman–Crippen LogP) is 2.75. The Labute approximate surface area is 171 Å². The van der Waals surface area contributed by atoms with Crippen LogP contribution >= 0.6 is 11.8 Å². The maximum absolute atomic E-state index is 12.3. The Hall–Kier alpha value is -1.83. The standard InChI is InChI=1S/C21H30N4O2S/c1-16(2)13-24-9-10-27-19(14-24)12-23-20(26)15-28-21-22-7-8-25(21)18-6-4-5-17(3)11-18/h4-8,11,16,19H,9-10,12-15H2,1-3H3,(H,23,26). The molecule has 1 N–H and O–H groups in total. The van der Waals surface area contributed by atoms with Crippen LogP contribution in [0.1, 0.15) is 19.4 Å². The van der Waals surface area contributed by atoms with Gasteiger partial charge >= 0.3 is 0 Å². The van der Waals surface area contributed by atoms with Crippen LogP contribution < -0.4 is 5.32 Å². The number of nitrogens with zero attached hydrogens (tertiary/aromatic N) is 3. The lowest BCUT2D eigenvalue weighted by atomic mass is 10.2. The molecule has 2 heterocycles. The van der Waals surface area contributed by atoms with Crippen LogP contribution in [0.5, 0.6) is 0 Å². The normalized spacial score (nSPS) is 17.8. The summed E-state index contributed by atoms with van der Waals surface area (Å²) in [4.78, 5) is 19.1. The zero-order chi connectivity index (χ0) is 19.9. The van der Waals surface area contributed by atoms with Gasteiger partial charge < -0.3 is 10.1 Å². The molecule has 1 saturated heterocycles. The number of aromatic nitrogens is 2. The number of hydrogen-bond donors (Lipinski definition) is 1. The number of aryl methyl sites for hydroxylation is 1. The molecule has 3 rings (SSSR count). The highest BCUT2D eigenvalue weighted by Gasteiger charge is 2.21. The average Bonchev–Trinajstić information content (AvgIpc) is 3.13. The van der Waals surface area contributed by atoms with Crippen molar-refractivity contribution in [2.45, 2.75) is 32.0 Å². The molecule has 0 spiro atoms. The van der Waals surface area contributed by atoms with E-state index in [1.165, 1.54) is 17.3 Å². The molecule has 1 aromatic heterocycles. The number of carbonyl (C=O) groups is 1. The first-order chi connectivity index (χ1) is 13.5. The number of morpholine rings is 1. The number of nitrogens with one attached hydrogen (secondary N) is 1. The molecule has 1 unspecified atom stereocenters. The van der Waals surface area contributed by atoms with Gasteiger partial charge in [-0.25, -0.2) is 4.98 Å². The first kappa shape index (κ1) is 20.9. The highest BCUT2D eigenvalue weighted by atomic mass is 32.2. The molecular weight excluding hydrogens is 372 g/mol. The second-order valence-corrected chi connectivity index (χ2v) is 8.60. The molecular formula is C21H30N4O2S. The topological polar surface area (TPSA) is 59.4 Å². The summed E-state index contributed by atoms with van der Waals surface area (Å²) in [5.74, 6) is 0.987. The van der Waals surface area contributed by atoms with Crippen LogP contribution in [-0.2, 0) is 9.53 Å². The number of ether oxygens (including phenoxy) is 1. The molecule has 1 aliphatic heterocycles. The predicted molar refractivity (Wildman–Crippen MR) is 113 cm³/mol. The molecule has 1 aromatic carbocycles. The Bertz CT molecular complexity index is 777. The smallest absolute Gasteiger partial charge is 0.230 e. The minimum absolute atomic E-state index is 0.00775. The molecule has 0 aliphatic carbocycles. The summed E-state index contributed by atoms with van der Waals surface area (Å²) < 4.78 is 7.81. The number of hydrogen-bond acceptors (Lipinski definition) is 5. The van der Waals surface area contributed by atoms with Crippen molar-refractivity contribution in [1.82, 2.24) is 19.8 Å². The van der Waals surface area contributed by atoms with Gasteiger partial charge in [0.15, 0.2) is 5.16 Å². The van der Waals surface area contributed by atoms with Crippen LogP contribution in [0.15, 0.2) is 41.8 Å². The zero-order valence-corrected chi connectivity index (χ0v) is 17.7. The Morgan fingerprint density at radius 1 is 1.43 bits per heavy atom. The maximum Gasteiger partial charge on any atom is 0.230 e. The summed E-state index contributed by atoms with van der Waals surface area (Å²) in [5, 5.41) is 3.83. The summed E-state index contributed by atoms with van der Waals surface area (Å²) >= 11 is 1.45. The van der Waals surface area contributed by atoms with Crippen LogP contribution in [0.25, 0.3) is 5.69 Å². The van der Waals surface area contributed by atoms with Crippen LogP contribution in [0.4, 0.5) is 0 Å². The van der Waals surface area contributed by atoms with Gasteiger partial charge in [-0.2, -0.15) is 0 Å². The number of benzene rings is 1. The van der Waals surface area contributed by atoms with E-state index >= 15 is 0 Å². The second kappa shape index (κ2) is 10.1.